The van der Waals surface area contributed by atoms with Gasteiger partial charge < -0.3 is 34.6 Å². The molecule has 1 heterocycles. The number of nitrogens with zero attached hydrogens (tertiary/aromatic N) is 3. The molecule has 6 unspecified atom stereocenters. The van der Waals surface area contributed by atoms with Crippen molar-refractivity contribution in [1.29, 1.82) is 0 Å². The van der Waals surface area contributed by atoms with E-state index in [0.29, 0.717) is 25.9 Å². The monoisotopic (exact) mass is 779 g/mol. The summed E-state index contributed by atoms with van der Waals surface area (Å²) < 4.78 is 17.2. The lowest BCUT2D eigenvalue weighted by atomic mass is 9.90. The maximum Gasteiger partial charge on any atom is 0.410 e. The van der Waals surface area contributed by atoms with E-state index in [1.807, 2.05) is 89.2 Å². The molecule has 2 aromatic rings. The van der Waals surface area contributed by atoms with Gasteiger partial charge in [-0.2, -0.15) is 0 Å². The third-order valence-electron chi connectivity index (χ3n) is 10.9. The highest BCUT2D eigenvalue weighted by molar-refractivity contribution is 5.89. The summed E-state index contributed by atoms with van der Waals surface area (Å²) >= 11 is 0. The topological polar surface area (TPSA) is 147 Å². The lowest BCUT2D eigenvalue weighted by molar-refractivity contribution is -0.144. The number of carbonyl (C=O) groups is 5. The average Bonchev–Trinajstić information content (AvgIpc) is 3.68. The van der Waals surface area contributed by atoms with Crippen LogP contribution in [-0.2, 0) is 46.4 Å². The van der Waals surface area contributed by atoms with Crippen LogP contribution in [0.1, 0.15) is 76.5 Å². The number of likely N-dealkylation sites (tertiary alicyclic amines) is 1. The molecule has 1 aliphatic rings. The number of rotatable bonds is 21. The fraction of sp³-hybridized carbons (Fsp3) is 0.605. The van der Waals surface area contributed by atoms with Crippen molar-refractivity contribution in [3.05, 3.63) is 71.3 Å². The molecular formula is C43H65N5O8. The molecule has 13 nitrogen and oxygen atoms in total. The van der Waals surface area contributed by atoms with Crippen molar-refractivity contribution in [2.75, 3.05) is 47.9 Å². The van der Waals surface area contributed by atoms with E-state index in [-0.39, 0.29) is 61.6 Å². The van der Waals surface area contributed by atoms with E-state index in [4.69, 9.17) is 14.2 Å². The van der Waals surface area contributed by atoms with Crippen LogP contribution in [0.4, 0.5) is 4.79 Å². The second-order valence-corrected chi connectivity index (χ2v) is 15.3. The van der Waals surface area contributed by atoms with E-state index < -0.39 is 36.3 Å². The number of carbonyl (C=O) groups excluding carboxylic acids is 5. The van der Waals surface area contributed by atoms with Gasteiger partial charge in [-0.3, -0.25) is 24.1 Å². The minimum absolute atomic E-state index is 0.0244. The molecule has 2 aromatic carbocycles. The zero-order valence-electron chi connectivity index (χ0n) is 34.9. The molecular weight excluding hydrogens is 714 g/mol. The van der Waals surface area contributed by atoms with Crippen molar-refractivity contribution in [2.24, 2.45) is 11.8 Å². The Labute approximate surface area is 333 Å². The first-order valence-electron chi connectivity index (χ1n) is 19.9. The van der Waals surface area contributed by atoms with E-state index >= 15 is 0 Å². The summed E-state index contributed by atoms with van der Waals surface area (Å²) in [5.41, 5.74) is 3.06. The van der Waals surface area contributed by atoms with Crippen molar-refractivity contribution in [1.82, 2.24) is 25.3 Å². The molecule has 2 N–H and O–H groups in total. The molecule has 1 aliphatic heterocycles. The summed E-state index contributed by atoms with van der Waals surface area (Å²) in [6.07, 6.45) is 1.33. The largest absolute Gasteiger partial charge is 0.445 e. The van der Waals surface area contributed by atoms with Gasteiger partial charge in [0.05, 0.1) is 43.7 Å². The van der Waals surface area contributed by atoms with E-state index in [0.717, 1.165) is 29.5 Å². The van der Waals surface area contributed by atoms with Crippen LogP contribution in [0.3, 0.4) is 0 Å². The van der Waals surface area contributed by atoms with E-state index in [9.17, 15) is 24.0 Å². The standard InChI is InChI=1S/C43H65N5O8/c1-10-31(5)41(46(6)39(51)27-45-42(52)40(29(2)3)47(7)43(53)56-28-33-20-18-30(4)19-21-33)36(55-9)26-38(50)48-24-14-17-34(48)35(54-8)25-37(49)44-23-22-32-15-12-11-13-16-32/h11-13,15-16,18-21,29,31,34-36,40-41H,10,14,17,22-28H2,1-9H3,(H,44,49)(H,45,52). The Morgan fingerprint density at radius 1 is 0.875 bits per heavy atom. The first kappa shape index (κ1) is 45.9. The fourth-order valence-electron chi connectivity index (χ4n) is 7.51. The van der Waals surface area contributed by atoms with Crippen molar-refractivity contribution >= 4 is 29.7 Å². The quantitative estimate of drug-likeness (QED) is 0.185. The molecule has 5 amide bonds. The highest BCUT2D eigenvalue weighted by Crippen LogP contribution is 2.28. The molecule has 0 aromatic heterocycles. The molecule has 0 saturated carbocycles. The number of ether oxygens (including phenoxy) is 3. The number of hydrogen-bond acceptors (Lipinski definition) is 8. The highest BCUT2D eigenvalue weighted by Gasteiger charge is 2.40. The van der Waals surface area contributed by atoms with Gasteiger partial charge in [0.15, 0.2) is 0 Å². The summed E-state index contributed by atoms with van der Waals surface area (Å²) in [5, 5.41) is 5.72. The molecule has 0 bridgehead atoms. The van der Waals surface area contributed by atoms with E-state index in [1.165, 1.54) is 19.1 Å². The zero-order chi connectivity index (χ0) is 41.4. The van der Waals surface area contributed by atoms with Crippen molar-refractivity contribution in [3.63, 3.8) is 0 Å². The molecule has 6 atom stereocenters. The second-order valence-electron chi connectivity index (χ2n) is 15.3. The average molecular weight is 780 g/mol. The minimum atomic E-state index is -0.877. The Bertz CT molecular complexity index is 1560. The van der Waals surface area contributed by atoms with Crippen LogP contribution in [0.5, 0.6) is 0 Å². The van der Waals surface area contributed by atoms with Crippen LogP contribution < -0.4 is 10.6 Å². The van der Waals surface area contributed by atoms with E-state index in [1.54, 1.807) is 24.0 Å². The Kier molecular flexibility index (Phi) is 18.8. The van der Waals surface area contributed by atoms with Crippen molar-refractivity contribution in [2.45, 2.75) is 110 Å². The fourth-order valence-corrected chi connectivity index (χ4v) is 7.51. The summed E-state index contributed by atoms with van der Waals surface area (Å²) in [4.78, 5) is 71.6. The van der Waals surface area contributed by atoms with Crippen LogP contribution >= 0.6 is 0 Å². The van der Waals surface area contributed by atoms with E-state index in [2.05, 4.69) is 10.6 Å². The number of methoxy groups -OCH3 is 2. The minimum Gasteiger partial charge on any atom is -0.445 e. The van der Waals surface area contributed by atoms with Crippen LogP contribution in [0.15, 0.2) is 54.6 Å². The lowest BCUT2D eigenvalue weighted by Crippen LogP contribution is -2.55. The zero-order valence-corrected chi connectivity index (χ0v) is 34.9. The summed E-state index contributed by atoms with van der Waals surface area (Å²) in [6, 6.07) is 16.0. The predicted octanol–water partition coefficient (Wildman–Crippen LogP) is 4.74. The number of aryl methyl sites for hydroxylation is 1. The Morgan fingerprint density at radius 2 is 1.55 bits per heavy atom. The van der Waals surface area contributed by atoms with Gasteiger partial charge in [-0.15, -0.1) is 0 Å². The molecule has 1 fully saturated rings. The molecule has 0 spiro atoms. The Morgan fingerprint density at radius 3 is 2.16 bits per heavy atom. The third kappa shape index (κ3) is 13.3. The molecule has 310 valence electrons. The van der Waals surface area contributed by atoms with Crippen molar-refractivity contribution < 1.29 is 38.2 Å². The molecule has 13 heteroatoms. The Balaban J connectivity index is 1.60. The number of benzene rings is 2. The van der Waals surface area contributed by atoms with Crippen LogP contribution in [0.25, 0.3) is 0 Å². The first-order valence-corrected chi connectivity index (χ1v) is 19.9. The van der Waals surface area contributed by atoms with Crippen LogP contribution in [0, 0.1) is 18.8 Å². The Hall–Kier alpha value is -4.49. The molecule has 0 radical (unpaired) electrons. The lowest BCUT2D eigenvalue weighted by Gasteiger charge is -2.39. The van der Waals surface area contributed by atoms with Crippen molar-refractivity contribution in [3.8, 4) is 0 Å². The van der Waals surface area contributed by atoms with Gasteiger partial charge in [-0.25, -0.2) is 4.79 Å². The molecule has 0 aliphatic carbocycles. The normalized spacial score (nSPS) is 16.7. The maximum absolute atomic E-state index is 14.0. The first-order chi connectivity index (χ1) is 26.7. The van der Waals surface area contributed by atoms with Crippen LogP contribution in [0.2, 0.25) is 0 Å². The van der Waals surface area contributed by atoms with Gasteiger partial charge in [0, 0.05) is 41.4 Å². The summed E-state index contributed by atoms with van der Waals surface area (Å²) in [6.45, 7) is 10.4. The van der Waals surface area contributed by atoms with Gasteiger partial charge in [-0.05, 0) is 49.1 Å². The molecule has 3 rings (SSSR count). The SMILES string of the molecule is CCC(C)C(C(CC(=O)N1CCCC1C(CC(=O)NCCc1ccccc1)OC)OC)N(C)C(=O)CNC(=O)C(C(C)C)N(C)C(=O)OCc1ccc(C)cc1. The summed E-state index contributed by atoms with van der Waals surface area (Å²) in [7, 11) is 6.27. The maximum atomic E-state index is 14.0. The van der Waals surface area contributed by atoms with Crippen LogP contribution in [-0.4, -0.2) is 123 Å². The number of amides is 5. The second kappa shape index (κ2) is 22.9. The van der Waals surface area contributed by atoms with Gasteiger partial charge in [0.2, 0.25) is 23.6 Å². The highest BCUT2D eigenvalue weighted by atomic mass is 16.6. The molecule has 1 saturated heterocycles. The third-order valence-corrected chi connectivity index (χ3v) is 10.9. The summed E-state index contributed by atoms with van der Waals surface area (Å²) in [5.74, 6) is -1.41. The number of hydrogen-bond donors (Lipinski definition) is 2. The number of likely N-dealkylation sites (N-methyl/N-ethyl adjacent to an activating group) is 2. The van der Waals surface area contributed by atoms with Gasteiger partial charge in [0.25, 0.3) is 0 Å². The van der Waals surface area contributed by atoms with Gasteiger partial charge >= 0.3 is 6.09 Å². The van der Waals surface area contributed by atoms with Gasteiger partial charge in [-0.1, -0.05) is 94.3 Å². The number of nitrogens with one attached hydrogen (secondary N) is 2. The predicted molar refractivity (Wildman–Crippen MR) is 215 cm³/mol. The van der Waals surface area contributed by atoms with Gasteiger partial charge in [0.1, 0.15) is 12.6 Å². The molecule has 56 heavy (non-hydrogen) atoms. The smallest absolute Gasteiger partial charge is 0.410 e.